The number of hydrogen-bond donors (Lipinski definition) is 2. The van der Waals surface area contributed by atoms with Gasteiger partial charge in [-0.3, -0.25) is 4.90 Å². The van der Waals surface area contributed by atoms with Gasteiger partial charge < -0.3 is 14.8 Å². The Morgan fingerprint density at radius 3 is 2.95 bits per heavy atom. The number of carboxylic acid groups (broad SMARTS) is 1. The van der Waals surface area contributed by atoms with E-state index < -0.39 is 5.97 Å². The second-order valence-electron chi connectivity index (χ2n) is 5.05. The van der Waals surface area contributed by atoms with E-state index in [1.54, 1.807) is 12.1 Å². The van der Waals surface area contributed by atoms with Crippen LogP contribution in [0.4, 0.5) is 17.4 Å². The van der Waals surface area contributed by atoms with Crippen molar-refractivity contribution in [2.24, 2.45) is 0 Å². The van der Waals surface area contributed by atoms with E-state index >= 15 is 0 Å². The molecular formula is C16H13N3O3. The summed E-state index contributed by atoms with van der Waals surface area (Å²) < 4.78 is 5.78. The summed E-state index contributed by atoms with van der Waals surface area (Å²) in [6.07, 6.45) is 0. The van der Waals surface area contributed by atoms with Crippen LogP contribution in [0.25, 0.3) is 11.1 Å². The molecule has 0 bridgehead atoms. The molecule has 0 fully saturated rings. The molecule has 0 saturated carbocycles. The third kappa shape index (κ3) is 1.88. The number of aromatic nitrogens is 1. The van der Waals surface area contributed by atoms with E-state index in [1.807, 2.05) is 29.2 Å². The number of nitrogens with one attached hydrogen (secondary N) is 1. The number of carbonyl (C=O) groups is 1. The normalized spacial score (nSPS) is 13.7. The van der Waals surface area contributed by atoms with Crippen molar-refractivity contribution in [3.63, 3.8) is 0 Å². The molecule has 6 heteroatoms. The maximum absolute atomic E-state index is 11.3. The standard InChI is InChI=1S/C16H13N3O3/c20-15(21)10-4-3-7-13-14(10)18-16(22-13)19-9-8-17-11-5-1-2-6-12(11)19/h1-7,17H,8-9H2,(H,20,21). The summed E-state index contributed by atoms with van der Waals surface area (Å²) in [6.45, 7) is 1.47. The van der Waals surface area contributed by atoms with Crippen LogP contribution in [-0.4, -0.2) is 29.1 Å². The van der Waals surface area contributed by atoms with Crippen LogP contribution in [0.3, 0.4) is 0 Å². The number of nitrogens with zero attached hydrogens (tertiary/aromatic N) is 2. The van der Waals surface area contributed by atoms with Gasteiger partial charge in [0.2, 0.25) is 0 Å². The van der Waals surface area contributed by atoms with Crippen molar-refractivity contribution in [2.75, 3.05) is 23.3 Å². The summed E-state index contributed by atoms with van der Waals surface area (Å²) in [5.41, 5.74) is 2.98. The zero-order valence-electron chi connectivity index (χ0n) is 11.6. The molecular weight excluding hydrogens is 282 g/mol. The van der Waals surface area contributed by atoms with Crippen molar-refractivity contribution in [3.8, 4) is 0 Å². The first-order valence-corrected chi connectivity index (χ1v) is 6.97. The van der Waals surface area contributed by atoms with Gasteiger partial charge in [-0.2, -0.15) is 4.98 Å². The summed E-state index contributed by atoms with van der Waals surface area (Å²) in [5.74, 6) is -1.01. The minimum absolute atomic E-state index is 0.149. The van der Waals surface area contributed by atoms with Gasteiger partial charge in [-0.15, -0.1) is 0 Å². The van der Waals surface area contributed by atoms with Crippen LogP contribution in [0.1, 0.15) is 10.4 Å². The lowest BCUT2D eigenvalue weighted by Gasteiger charge is -2.28. The number of benzene rings is 2. The lowest BCUT2D eigenvalue weighted by molar-refractivity contribution is 0.0699. The largest absolute Gasteiger partial charge is 0.478 e. The third-order valence-corrected chi connectivity index (χ3v) is 3.71. The van der Waals surface area contributed by atoms with Gasteiger partial charge in [0.1, 0.15) is 5.52 Å². The second kappa shape index (κ2) is 4.77. The van der Waals surface area contributed by atoms with Gasteiger partial charge in [-0.05, 0) is 24.3 Å². The van der Waals surface area contributed by atoms with Crippen molar-refractivity contribution in [2.45, 2.75) is 0 Å². The van der Waals surface area contributed by atoms with Gasteiger partial charge in [-0.25, -0.2) is 4.79 Å². The van der Waals surface area contributed by atoms with Gasteiger partial charge in [0.15, 0.2) is 5.58 Å². The highest BCUT2D eigenvalue weighted by atomic mass is 16.4. The second-order valence-corrected chi connectivity index (χ2v) is 5.05. The van der Waals surface area contributed by atoms with E-state index in [4.69, 9.17) is 4.42 Å². The quantitative estimate of drug-likeness (QED) is 0.756. The number of anilines is 3. The molecule has 2 heterocycles. The Morgan fingerprint density at radius 2 is 2.09 bits per heavy atom. The predicted molar refractivity (Wildman–Crippen MR) is 82.9 cm³/mol. The van der Waals surface area contributed by atoms with Crippen molar-refractivity contribution in [1.82, 2.24) is 4.98 Å². The fourth-order valence-electron chi connectivity index (χ4n) is 2.70. The molecule has 0 saturated heterocycles. The van der Waals surface area contributed by atoms with Crippen LogP contribution in [0.5, 0.6) is 0 Å². The molecule has 1 aromatic heterocycles. The van der Waals surface area contributed by atoms with Gasteiger partial charge in [0.25, 0.3) is 0 Å². The Bertz CT molecular complexity index is 872. The van der Waals surface area contributed by atoms with Crippen LogP contribution in [-0.2, 0) is 0 Å². The Hall–Kier alpha value is -3.02. The van der Waals surface area contributed by atoms with E-state index in [-0.39, 0.29) is 5.56 Å². The first kappa shape index (κ1) is 12.7. The lowest BCUT2D eigenvalue weighted by atomic mass is 10.2. The maximum atomic E-state index is 11.3. The van der Waals surface area contributed by atoms with E-state index in [0.29, 0.717) is 23.7 Å². The molecule has 0 spiro atoms. The molecule has 0 amide bonds. The SMILES string of the molecule is O=C(O)c1cccc2oc(N3CCNc4ccccc43)nc12. The molecule has 2 N–H and O–H groups in total. The van der Waals surface area contributed by atoms with E-state index in [0.717, 1.165) is 17.9 Å². The Morgan fingerprint density at radius 1 is 1.23 bits per heavy atom. The first-order valence-electron chi connectivity index (χ1n) is 6.97. The molecule has 3 aromatic rings. The number of fused-ring (bicyclic) bond motifs is 2. The number of carboxylic acids is 1. The lowest BCUT2D eigenvalue weighted by Crippen LogP contribution is -2.30. The number of hydrogen-bond acceptors (Lipinski definition) is 5. The number of aromatic carboxylic acids is 1. The van der Waals surface area contributed by atoms with Crippen molar-refractivity contribution < 1.29 is 14.3 Å². The van der Waals surface area contributed by atoms with Gasteiger partial charge in [0, 0.05) is 13.1 Å². The zero-order valence-corrected chi connectivity index (χ0v) is 11.6. The van der Waals surface area contributed by atoms with Crippen LogP contribution in [0.2, 0.25) is 0 Å². The molecule has 1 aliphatic rings. The number of oxazole rings is 1. The number of para-hydroxylation sites is 3. The first-order chi connectivity index (χ1) is 10.7. The molecule has 6 nitrogen and oxygen atoms in total. The summed E-state index contributed by atoms with van der Waals surface area (Å²) in [5, 5.41) is 12.6. The Labute approximate surface area is 126 Å². The fraction of sp³-hybridized carbons (Fsp3) is 0.125. The van der Waals surface area contributed by atoms with Gasteiger partial charge in [-0.1, -0.05) is 18.2 Å². The van der Waals surface area contributed by atoms with Crippen molar-refractivity contribution in [1.29, 1.82) is 0 Å². The summed E-state index contributed by atoms with van der Waals surface area (Å²) in [7, 11) is 0. The van der Waals surface area contributed by atoms with Crippen LogP contribution in [0.15, 0.2) is 46.9 Å². The van der Waals surface area contributed by atoms with Crippen LogP contribution >= 0.6 is 0 Å². The Balaban J connectivity index is 1.86. The molecule has 0 unspecified atom stereocenters. The number of rotatable bonds is 2. The predicted octanol–water partition coefficient (Wildman–Crippen LogP) is 3.09. The van der Waals surface area contributed by atoms with E-state index in [9.17, 15) is 9.90 Å². The van der Waals surface area contributed by atoms with Crippen molar-refractivity contribution in [3.05, 3.63) is 48.0 Å². The summed E-state index contributed by atoms with van der Waals surface area (Å²) in [6, 6.07) is 13.2. The Kier molecular flexibility index (Phi) is 2.75. The van der Waals surface area contributed by atoms with E-state index in [2.05, 4.69) is 10.3 Å². The van der Waals surface area contributed by atoms with Crippen LogP contribution < -0.4 is 10.2 Å². The smallest absolute Gasteiger partial charge is 0.338 e. The minimum Gasteiger partial charge on any atom is -0.478 e. The molecule has 0 aliphatic carbocycles. The minimum atomic E-state index is -1.01. The molecule has 0 radical (unpaired) electrons. The molecule has 4 rings (SSSR count). The van der Waals surface area contributed by atoms with Gasteiger partial charge in [0.05, 0.1) is 16.9 Å². The van der Waals surface area contributed by atoms with E-state index in [1.165, 1.54) is 6.07 Å². The highest BCUT2D eigenvalue weighted by Gasteiger charge is 2.23. The summed E-state index contributed by atoms with van der Waals surface area (Å²) >= 11 is 0. The monoisotopic (exact) mass is 295 g/mol. The van der Waals surface area contributed by atoms with Crippen LogP contribution in [0, 0.1) is 0 Å². The topological polar surface area (TPSA) is 78.6 Å². The molecule has 0 atom stereocenters. The molecule has 2 aromatic carbocycles. The average molecular weight is 295 g/mol. The zero-order chi connectivity index (χ0) is 15.1. The molecule has 1 aliphatic heterocycles. The third-order valence-electron chi connectivity index (χ3n) is 3.71. The maximum Gasteiger partial charge on any atom is 0.338 e. The fourth-order valence-corrected chi connectivity index (χ4v) is 2.70. The molecule has 110 valence electrons. The highest BCUT2D eigenvalue weighted by molar-refractivity contribution is 6.00. The molecule has 22 heavy (non-hydrogen) atoms. The van der Waals surface area contributed by atoms with Gasteiger partial charge >= 0.3 is 12.0 Å². The average Bonchev–Trinajstić information content (AvgIpc) is 2.97. The van der Waals surface area contributed by atoms with Crippen molar-refractivity contribution >= 4 is 34.5 Å². The summed E-state index contributed by atoms with van der Waals surface area (Å²) in [4.78, 5) is 17.7. The highest BCUT2D eigenvalue weighted by Crippen LogP contribution is 2.35.